The highest BCUT2D eigenvalue weighted by Gasteiger charge is 2.11. The van der Waals surface area contributed by atoms with Crippen LogP contribution >= 0.6 is 11.6 Å². The van der Waals surface area contributed by atoms with Gasteiger partial charge in [-0.1, -0.05) is 11.6 Å². The van der Waals surface area contributed by atoms with Gasteiger partial charge in [0.1, 0.15) is 5.75 Å². The van der Waals surface area contributed by atoms with E-state index in [0.717, 1.165) is 5.56 Å². The standard InChI is InChI=1S/C10H12ClNO2/c1-6-3-8(11)7(9(13)5-12)4-10(6)14-2/h3-4H,5,12H2,1-2H3. The summed E-state index contributed by atoms with van der Waals surface area (Å²) < 4.78 is 5.08. The number of carbonyl (C=O) groups excluding carboxylic acids is 1. The summed E-state index contributed by atoms with van der Waals surface area (Å²) in [5.41, 5.74) is 6.56. The Morgan fingerprint density at radius 3 is 2.71 bits per heavy atom. The van der Waals surface area contributed by atoms with Gasteiger partial charge >= 0.3 is 0 Å². The molecule has 0 aliphatic carbocycles. The van der Waals surface area contributed by atoms with Crippen molar-refractivity contribution in [3.05, 3.63) is 28.3 Å². The summed E-state index contributed by atoms with van der Waals surface area (Å²) in [5.74, 6) is 0.458. The van der Waals surface area contributed by atoms with Gasteiger partial charge in [0.15, 0.2) is 5.78 Å². The summed E-state index contributed by atoms with van der Waals surface area (Å²) in [5, 5.41) is 0.416. The van der Waals surface area contributed by atoms with E-state index >= 15 is 0 Å². The first-order chi connectivity index (χ1) is 6.60. The molecule has 0 aliphatic rings. The number of carbonyl (C=O) groups is 1. The molecule has 0 atom stereocenters. The molecule has 4 heteroatoms. The van der Waals surface area contributed by atoms with E-state index in [4.69, 9.17) is 22.1 Å². The van der Waals surface area contributed by atoms with E-state index in [0.29, 0.717) is 16.3 Å². The van der Waals surface area contributed by atoms with Crippen molar-refractivity contribution < 1.29 is 9.53 Å². The van der Waals surface area contributed by atoms with Crippen LogP contribution < -0.4 is 10.5 Å². The van der Waals surface area contributed by atoms with Crippen molar-refractivity contribution in [2.75, 3.05) is 13.7 Å². The molecular weight excluding hydrogens is 202 g/mol. The van der Waals surface area contributed by atoms with Gasteiger partial charge in [-0.3, -0.25) is 4.79 Å². The summed E-state index contributed by atoms with van der Waals surface area (Å²) in [6, 6.07) is 3.32. The van der Waals surface area contributed by atoms with Crippen molar-refractivity contribution in [2.24, 2.45) is 5.73 Å². The third kappa shape index (κ3) is 2.05. The first-order valence-corrected chi connectivity index (χ1v) is 4.55. The highest BCUT2D eigenvalue weighted by Crippen LogP contribution is 2.26. The van der Waals surface area contributed by atoms with Crippen LogP contribution in [0.5, 0.6) is 5.75 Å². The van der Waals surface area contributed by atoms with Crippen LogP contribution in [-0.4, -0.2) is 19.4 Å². The third-order valence-corrected chi connectivity index (χ3v) is 2.28. The summed E-state index contributed by atoms with van der Waals surface area (Å²) in [4.78, 5) is 11.3. The lowest BCUT2D eigenvalue weighted by molar-refractivity contribution is 0.100. The molecule has 1 rings (SSSR count). The molecule has 0 unspecified atom stereocenters. The molecule has 0 saturated heterocycles. The van der Waals surface area contributed by atoms with Crippen LogP contribution in [-0.2, 0) is 0 Å². The van der Waals surface area contributed by atoms with Crippen molar-refractivity contribution in [1.82, 2.24) is 0 Å². The first kappa shape index (κ1) is 11.0. The van der Waals surface area contributed by atoms with Gasteiger partial charge in [-0.2, -0.15) is 0 Å². The maximum Gasteiger partial charge on any atom is 0.178 e. The molecule has 0 aliphatic heterocycles. The minimum atomic E-state index is -0.187. The number of aryl methyl sites for hydroxylation is 1. The molecule has 2 N–H and O–H groups in total. The average molecular weight is 214 g/mol. The highest BCUT2D eigenvalue weighted by atomic mass is 35.5. The summed E-state index contributed by atoms with van der Waals surface area (Å²) >= 11 is 5.90. The van der Waals surface area contributed by atoms with Crippen molar-refractivity contribution in [2.45, 2.75) is 6.92 Å². The Balaban J connectivity index is 3.24. The van der Waals surface area contributed by atoms with E-state index in [-0.39, 0.29) is 12.3 Å². The minimum absolute atomic E-state index is 0.0497. The quantitative estimate of drug-likeness (QED) is 0.779. The van der Waals surface area contributed by atoms with E-state index in [1.165, 1.54) is 0 Å². The molecule has 1 aromatic rings. The van der Waals surface area contributed by atoms with E-state index in [9.17, 15) is 4.79 Å². The SMILES string of the molecule is COc1cc(C(=O)CN)c(Cl)cc1C. The van der Waals surface area contributed by atoms with Gasteiger partial charge in [0, 0.05) is 5.56 Å². The largest absolute Gasteiger partial charge is 0.496 e. The molecule has 0 spiro atoms. The summed E-state index contributed by atoms with van der Waals surface area (Å²) in [7, 11) is 1.55. The summed E-state index contributed by atoms with van der Waals surface area (Å²) in [6.45, 7) is 1.81. The molecule has 1 aromatic carbocycles. The Morgan fingerprint density at radius 2 is 2.21 bits per heavy atom. The summed E-state index contributed by atoms with van der Waals surface area (Å²) in [6.07, 6.45) is 0. The molecule has 0 saturated carbocycles. The van der Waals surface area contributed by atoms with Crippen LogP contribution in [0.4, 0.5) is 0 Å². The van der Waals surface area contributed by atoms with Crippen LogP contribution in [0.2, 0.25) is 5.02 Å². The molecule has 0 radical (unpaired) electrons. The van der Waals surface area contributed by atoms with Gasteiger partial charge in [-0.15, -0.1) is 0 Å². The van der Waals surface area contributed by atoms with Gasteiger partial charge in [0.25, 0.3) is 0 Å². The predicted octanol–water partition coefficient (Wildman–Crippen LogP) is 1.80. The van der Waals surface area contributed by atoms with E-state index in [2.05, 4.69) is 0 Å². The smallest absolute Gasteiger partial charge is 0.178 e. The number of rotatable bonds is 3. The lowest BCUT2D eigenvalue weighted by Crippen LogP contribution is -2.14. The molecule has 0 amide bonds. The zero-order valence-corrected chi connectivity index (χ0v) is 8.89. The Morgan fingerprint density at radius 1 is 1.57 bits per heavy atom. The number of hydrogen-bond acceptors (Lipinski definition) is 3. The van der Waals surface area contributed by atoms with E-state index < -0.39 is 0 Å². The fraction of sp³-hybridized carbons (Fsp3) is 0.300. The number of benzene rings is 1. The van der Waals surface area contributed by atoms with Gasteiger partial charge in [-0.05, 0) is 24.6 Å². The molecular formula is C10H12ClNO2. The molecule has 0 aromatic heterocycles. The number of nitrogens with two attached hydrogens (primary N) is 1. The maximum absolute atomic E-state index is 11.3. The Labute approximate surface area is 87.8 Å². The van der Waals surface area contributed by atoms with E-state index in [1.54, 1.807) is 19.2 Å². The fourth-order valence-corrected chi connectivity index (χ4v) is 1.52. The lowest BCUT2D eigenvalue weighted by atomic mass is 10.1. The van der Waals surface area contributed by atoms with Gasteiger partial charge < -0.3 is 10.5 Å². The number of Topliss-reactive ketones (excluding diaryl/α,β-unsaturated/α-hetero) is 1. The van der Waals surface area contributed by atoms with Crippen LogP contribution in [0, 0.1) is 6.92 Å². The van der Waals surface area contributed by atoms with Crippen molar-refractivity contribution >= 4 is 17.4 Å². The maximum atomic E-state index is 11.3. The normalized spacial score (nSPS) is 10.0. The van der Waals surface area contributed by atoms with Gasteiger partial charge in [-0.25, -0.2) is 0 Å². The number of ketones is 1. The molecule has 14 heavy (non-hydrogen) atoms. The Kier molecular flexibility index (Phi) is 3.49. The zero-order valence-electron chi connectivity index (χ0n) is 8.13. The van der Waals surface area contributed by atoms with Crippen LogP contribution in [0.1, 0.15) is 15.9 Å². The Hall–Kier alpha value is -1.06. The Bertz CT molecular complexity index is 363. The predicted molar refractivity (Wildman–Crippen MR) is 56.1 cm³/mol. The number of halogens is 1. The third-order valence-electron chi connectivity index (χ3n) is 1.97. The lowest BCUT2D eigenvalue weighted by Gasteiger charge is -2.08. The van der Waals surface area contributed by atoms with Crippen molar-refractivity contribution in [3.8, 4) is 5.75 Å². The molecule has 0 heterocycles. The molecule has 3 nitrogen and oxygen atoms in total. The van der Waals surface area contributed by atoms with Gasteiger partial charge in [0.2, 0.25) is 0 Å². The van der Waals surface area contributed by atoms with Crippen molar-refractivity contribution in [1.29, 1.82) is 0 Å². The average Bonchev–Trinajstić information content (AvgIpc) is 2.17. The highest BCUT2D eigenvalue weighted by molar-refractivity contribution is 6.34. The van der Waals surface area contributed by atoms with Crippen LogP contribution in [0.15, 0.2) is 12.1 Å². The van der Waals surface area contributed by atoms with Crippen molar-refractivity contribution in [3.63, 3.8) is 0 Å². The van der Waals surface area contributed by atoms with E-state index in [1.807, 2.05) is 6.92 Å². The van der Waals surface area contributed by atoms with Crippen LogP contribution in [0.25, 0.3) is 0 Å². The fourth-order valence-electron chi connectivity index (χ4n) is 1.20. The second-order valence-corrected chi connectivity index (χ2v) is 3.34. The van der Waals surface area contributed by atoms with Gasteiger partial charge in [0.05, 0.1) is 18.7 Å². The second kappa shape index (κ2) is 4.44. The first-order valence-electron chi connectivity index (χ1n) is 4.17. The number of methoxy groups -OCH3 is 1. The minimum Gasteiger partial charge on any atom is -0.496 e. The number of ether oxygens (including phenoxy) is 1. The molecule has 0 fully saturated rings. The monoisotopic (exact) mass is 213 g/mol. The molecule has 76 valence electrons. The zero-order chi connectivity index (χ0) is 10.7. The second-order valence-electron chi connectivity index (χ2n) is 2.93. The van der Waals surface area contributed by atoms with Crippen LogP contribution in [0.3, 0.4) is 0 Å². The molecule has 0 bridgehead atoms. The topological polar surface area (TPSA) is 52.3 Å². The number of hydrogen-bond donors (Lipinski definition) is 1.